The van der Waals surface area contributed by atoms with Crippen LogP contribution >= 0.6 is 11.6 Å². The van der Waals surface area contributed by atoms with Crippen molar-refractivity contribution in [3.8, 4) is 0 Å². The molecule has 3 rings (SSSR count). The van der Waals surface area contributed by atoms with Gasteiger partial charge in [-0.25, -0.2) is 9.37 Å². The van der Waals surface area contributed by atoms with Crippen molar-refractivity contribution in [1.82, 2.24) is 9.55 Å². The zero-order chi connectivity index (χ0) is 15.0. The molecule has 0 saturated heterocycles. The number of fused-ring (bicyclic) bond motifs is 1. The maximum Gasteiger partial charge on any atom is 0.129 e. The van der Waals surface area contributed by atoms with Crippen molar-refractivity contribution in [1.29, 1.82) is 0 Å². The summed E-state index contributed by atoms with van der Waals surface area (Å²) >= 11 is 5.76. The lowest BCUT2D eigenvalue weighted by atomic mass is 10.0. The monoisotopic (exact) mass is 303 g/mol. The van der Waals surface area contributed by atoms with Gasteiger partial charge in [-0.2, -0.15) is 0 Å². The predicted molar refractivity (Wildman–Crippen MR) is 82.8 cm³/mol. The predicted octanol–water partition coefficient (Wildman–Crippen LogP) is 3.61. The fourth-order valence-corrected chi connectivity index (χ4v) is 2.65. The van der Waals surface area contributed by atoms with E-state index in [0.29, 0.717) is 17.0 Å². The first kappa shape index (κ1) is 14.0. The van der Waals surface area contributed by atoms with Gasteiger partial charge < -0.3 is 10.3 Å². The van der Waals surface area contributed by atoms with Gasteiger partial charge in [-0.3, -0.25) is 0 Å². The molecule has 108 valence electrons. The average Bonchev–Trinajstić information content (AvgIpc) is 2.76. The fourth-order valence-electron chi connectivity index (χ4n) is 2.49. The molecule has 5 heteroatoms. The molecule has 3 nitrogen and oxygen atoms in total. The molecular formula is C16H15ClFN3. The number of para-hydroxylation sites is 2. The standard InChI is InChI=1S/C16H15ClFN3/c1-21-15-5-3-2-4-14(15)20-16(21)9-13(19)11-7-6-10(17)8-12(11)18/h2-8,13H,9,19H2,1H3. The number of nitrogens with zero attached hydrogens (tertiary/aromatic N) is 2. The van der Waals surface area contributed by atoms with Crippen molar-refractivity contribution in [3.05, 3.63) is 64.7 Å². The third kappa shape index (κ3) is 2.64. The highest BCUT2D eigenvalue weighted by atomic mass is 35.5. The number of aromatic nitrogens is 2. The van der Waals surface area contributed by atoms with E-state index >= 15 is 0 Å². The van der Waals surface area contributed by atoms with Crippen molar-refractivity contribution >= 4 is 22.6 Å². The number of aryl methyl sites for hydroxylation is 1. The van der Waals surface area contributed by atoms with Gasteiger partial charge in [-0.05, 0) is 24.3 Å². The van der Waals surface area contributed by atoms with E-state index in [-0.39, 0.29) is 5.82 Å². The highest BCUT2D eigenvalue weighted by Crippen LogP contribution is 2.23. The number of rotatable bonds is 3. The number of nitrogens with two attached hydrogens (primary N) is 1. The molecule has 1 heterocycles. The SMILES string of the molecule is Cn1c(CC(N)c2ccc(Cl)cc2F)nc2ccccc21. The maximum absolute atomic E-state index is 13.9. The second-order valence-electron chi connectivity index (χ2n) is 5.05. The number of hydrogen-bond donors (Lipinski definition) is 1. The summed E-state index contributed by atoms with van der Waals surface area (Å²) in [5.41, 5.74) is 8.54. The molecule has 1 aromatic heterocycles. The van der Waals surface area contributed by atoms with Gasteiger partial charge in [0.15, 0.2) is 0 Å². The quantitative estimate of drug-likeness (QED) is 0.803. The Balaban J connectivity index is 1.92. The van der Waals surface area contributed by atoms with Gasteiger partial charge in [-0.1, -0.05) is 29.8 Å². The Kier molecular flexibility index (Phi) is 3.66. The molecule has 0 amide bonds. The number of imidazole rings is 1. The molecule has 0 saturated carbocycles. The van der Waals surface area contributed by atoms with Crippen LogP contribution in [0.15, 0.2) is 42.5 Å². The second-order valence-corrected chi connectivity index (χ2v) is 5.49. The molecule has 0 bridgehead atoms. The van der Waals surface area contributed by atoms with Crippen molar-refractivity contribution in [2.75, 3.05) is 0 Å². The van der Waals surface area contributed by atoms with Crippen LogP contribution < -0.4 is 5.73 Å². The van der Waals surface area contributed by atoms with Gasteiger partial charge in [0.1, 0.15) is 11.6 Å². The van der Waals surface area contributed by atoms with Crippen LogP contribution in [-0.4, -0.2) is 9.55 Å². The lowest BCUT2D eigenvalue weighted by Crippen LogP contribution is -2.17. The Labute approximate surface area is 127 Å². The van der Waals surface area contributed by atoms with Crippen LogP contribution in [0.2, 0.25) is 5.02 Å². The van der Waals surface area contributed by atoms with Gasteiger partial charge in [0.25, 0.3) is 0 Å². The van der Waals surface area contributed by atoms with Crippen molar-refractivity contribution in [3.63, 3.8) is 0 Å². The first-order valence-electron chi connectivity index (χ1n) is 6.67. The average molecular weight is 304 g/mol. The van der Waals surface area contributed by atoms with E-state index < -0.39 is 6.04 Å². The van der Waals surface area contributed by atoms with E-state index in [4.69, 9.17) is 17.3 Å². The number of benzene rings is 2. The normalized spacial score (nSPS) is 12.8. The number of halogens is 2. The van der Waals surface area contributed by atoms with Crippen molar-refractivity contribution in [2.24, 2.45) is 12.8 Å². The molecule has 0 fully saturated rings. The highest BCUT2D eigenvalue weighted by Gasteiger charge is 2.16. The van der Waals surface area contributed by atoms with Gasteiger partial charge in [0.2, 0.25) is 0 Å². The summed E-state index contributed by atoms with van der Waals surface area (Å²) in [6, 6.07) is 12.0. The Bertz CT molecular complexity index is 797. The third-order valence-electron chi connectivity index (χ3n) is 3.64. The first-order chi connectivity index (χ1) is 10.1. The smallest absolute Gasteiger partial charge is 0.129 e. The van der Waals surface area contributed by atoms with Gasteiger partial charge in [0, 0.05) is 30.1 Å². The molecule has 3 aromatic rings. The minimum atomic E-state index is -0.460. The molecule has 1 atom stereocenters. The zero-order valence-electron chi connectivity index (χ0n) is 11.6. The lowest BCUT2D eigenvalue weighted by molar-refractivity contribution is 0.571. The van der Waals surface area contributed by atoms with E-state index in [1.807, 2.05) is 35.9 Å². The summed E-state index contributed by atoms with van der Waals surface area (Å²) in [6.07, 6.45) is 0.462. The van der Waals surface area contributed by atoms with Crippen LogP contribution in [-0.2, 0) is 13.5 Å². The summed E-state index contributed by atoms with van der Waals surface area (Å²) in [5, 5.41) is 0.367. The maximum atomic E-state index is 13.9. The van der Waals surface area contributed by atoms with Crippen LogP contribution in [0, 0.1) is 5.82 Å². The summed E-state index contributed by atoms with van der Waals surface area (Å²) in [5.74, 6) is 0.451. The number of hydrogen-bond acceptors (Lipinski definition) is 2. The molecule has 0 aliphatic rings. The van der Waals surface area contributed by atoms with Crippen LogP contribution in [0.25, 0.3) is 11.0 Å². The summed E-state index contributed by atoms with van der Waals surface area (Å²) in [6.45, 7) is 0. The molecule has 0 aliphatic carbocycles. The Morgan fingerprint density at radius 3 is 2.76 bits per heavy atom. The molecule has 0 radical (unpaired) electrons. The van der Waals surface area contributed by atoms with Crippen LogP contribution in [0.1, 0.15) is 17.4 Å². The van der Waals surface area contributed by atoms with E-state index in [0.717, 1.165) is 16.9 Å². The molecule has 0 spiro atoms. The van der Waals surface area contributed by atoms with E-state index in [9.17, 15) is 4.39 Å². The Morgan fingerprint density at radius 1 is 1.29 bits per heavy atom. The van der Waals surface area contributed by atoms with E-state index in [1.54, 1.807) is 12.1 Å². The highest BCUT2D eigenvalue weighted by molar-refractivity contribution is 6.30. The van der Waals surface area contributed by atoms with Gasteiger partial charge in [-0.15, -0.1) is 0 Å². The summed E-state index contributed by atoms with van der Waals surface area (Å²) < 4.78 is 15.9. The van der Waals surface area contributed by atoms with Crippen LogP contribution in [0.4, 0.5) is 4.39 Å². The summed E-state index contributed by atoms with van der Waals surface area (Å²) in [7, 11) is 1.94. The van der Waals surface area contributed by atoms with Crippen LogP contribution in [0.5, 0.6) is 0 Å². The van der Waals surface area contributed by atoms with Crippen molar-refractivity contribution < 1.29 is 4.39 Å². The molecule has 0 aliphatic heterocycles. The van der Waals surface area contributed by atoms with E-state index in [1.165, 1.54) is 6.07 Å². The fraction of sp³-hybridized carbons (Fsp3) is 0.188. The Morgan fingerprint density at radius 2 is 2.05 bits per heavy atom. The zero-order valence-corrected chi connectivity index (χ0v) is 12.3. The largest absolute Gasteiger partial charge is 0.331 e. The Hall–Kier alpha value is -1.91. The molecule has 1 unspecified atom stereocenters. The molecular weight excluding hydrogens is 289 g/mol. The van der Waals surface area contributed by atoms with Gasteiger partial charge >= 0.3 is 0 Å². The van der Waals surface area contributed by atoms with Crippen molar-refractivity contribution in [2.45, 2.75) is 12.5 Å². The minimum absolute atomic E-state index is 0.367. The molecule has 21 heavy (non-hydrogen) atoms. The molecule has 2 N–H and O–H groups in total. The molecule has 2 aromatic carbocycles. The van der Waals surface area contributed by atoms with Gasteiger partial charge in [0.05, 0.1) is 11.0 Å². The lowest BCUT2D eigenvalue weighted by Gasteiger charge is -2.13. The second kappa shape index (κ2) is 5.47. The van der Waals surface area contributed by atoms with E-state index in [2.05, 4.69) is 4.98 Å². The third-order valence-corrected chi connectivity index (χ3v) is 3.88. The summed E-state index contributed by atoms with van der Waals surface area (Å²) in [4.78, 5) is 4.56. The minimum Gasteiger partial charge on any atom is -0.331 e. The topological polar surface area (TPSA) is 43.8 Å². The first-order valence-corrected chi connectivity index (χ1v) is 7.05. The van der Waals surface area contributed by atoms with Crippen LogP contribution in [0.3, 0.4) is 0 Å².